The third-order valence-electron chi connectivity index (χ3n) is 4.77. The number of halogens is 2. The number of aromatic hydroxyl groups is 2. The molecule has 1 aliphatic carbocycles. The molecule has 0 radical (unpaired) electrons. The number of hydrogen-bond donors (Lipinski definition) is 3. The van der Waals surface area contributed by atoms with E-state index in [1.54, 1.807) is 24.3 Å². The van der Waals surface area contributed by atoms with Crippen molar-refractivity contribution in [3.05, 3.63) is 45.9 Å². The molecule has 1 aliphatic rings. The second-order valence-corrected chi connectivity index (χ2v) is 7.55. The lowest BCUT2D eigenvalue weighted by atomic mass is 10.0. The fourth-order valence-corrected chi connectivity index (χ4v) is 3.45. The Morgan fingerprint density at radius 2 is 1.93 bits per heavy atom. The maximum Gasteiger partial charge on any atom is 0.261 e. The van der Waals surface area contributed by atoms with Gasteiger partial charge in [0, 0.05) is 5.02 Å². The number of hydrogen-bond acceptors (Lipinski definition) is 5. The van der Waals surface area contributed by atoms with Crippen LogP contribution in [0, 0.1) is 0 Å². The first-order chi connectivity index (χ1) is 13.3. The Labute approximate surface area is 173 Å². The van der Waals surface area contributed by atoms with E-state index in [1.165, 1.54) is 13.2 Å². The number of phenolic OH excluding ortho intramolecular Hbond substituents is 2. The lowest BCUT2D eigenvalue weighted by Crippen LogP contribution is -2.43. The van der Waals surface area contributed by atoms with Crippen molar-refractivity contribution in [2.24, 2.45) is 0 Å². The van der Waals surface area contributed by atoms with Crippen LogP contribution >= 0.6 is 23.2 Å². The first kappa shape index (κ1) is 20.4. The van der Waals surface area contributed by atoms with E-state index in [2.05, 4.69) is 5.32 Å². The summed E-state index contributed by atoms with van der Waals surface area (Å²) in [6, 6.07) is 7.86. The van der Waals surface area contributed by atoms with Crippen molar-refractivity contribution in [2.75, 3.05) is 7.11 Å². The van der Waals surface area contributed by atoms with Crippen molar-refractivity contribution < 1.29 is 24.5 Å². The molecule has 3 N–H and O–H groups in total. The smallest absolute Gasteiger partial charge is 0.261 e. The highest BCUT2D eigenvalue weighted by atomic mass is 35.5. The number of ether oxygens (including phenoxy) is 2. The monoisotopic (exact) mass is 425 g/mol. The van der Waals surface area contributed by atoms with Gasteiger partial charge in [0.25, 0.3) is 5.91 Å². The molecule has 0 saturated heterocycles. The summed E-state index contributed by atoms with van der Waals surface area (Å²) in [7, 11) is 1.40. The van der Waals surface area contributed by atoms with Gasteiger partial charge in [-0.15, -0.1) is 0 Å². The molecule has 1 saturated carbocycles. The van der Waals surface area contributed by atoms with Crippen molar-refractivity contribution in [2.45, 2.75) is 37.8 Å². The van der Waals surface area contributed by atoms with Gasteiger partial charge in [0.05, 0.1) is 17.7 Å². The number of nitrogens with one attached hydrogen (secondary N) is 1. The zero-order valence-corrected chi connectivity index (χ0v) is 17.0. The zero-order valence-electron chi connectivity index (χ0n) is 15.5. The van der Waals surface area contributed by atoms with Crippen molar-refractivity contribution in [3.8, 4) is 23.0 Å². The van der Waals surface area contributed by atoms with Crippen LogP contribution in [-0.2, 0) is 10.3 Å². The third kappa shape index (κ3) is 4.08. The quantitative estimate of drug-likeness (QED) is 0.572. The van der Waals surface area contributed by atoms with E-state index in [-0.39, 0.29) is 23.2 Å². The number of carbonyl (C=O) groups is 1. The van der Waals surface area contributed by atoms with Crippen LogP contribution in [-0.4, -0.2) is 29.3 Å². The molecular formula is C20H21Cl2NO5. The normalized spacial score (nSPS) is 15.6. The molecule has 0 heterocycles. The predicted molar refractivity (Wildman–Crippen MR) is 107 cm³/mol. The molecule has 1 atom stereocenters. The fourth-order valence-electron chi connectivity index (χ4n) is 3.00. The maximum atomic E-state index is 12.8. The Hall–Kier alpha value is -2.31. The molecule has 1 amide bonds. The van der Waals surface area contributed by atoms with Crippen LogP contribution in [0.3, 0.4) is 0 Å². The van der Waals surface area contributed by atoms with Gasteiger partial charge in [-0.25, -0.2) is 0 Å². The van der Waals surface area contributed by atoms with E-state index in [4.69, 9.17) is 32.7 Å². The van der Waals surface area contributed by atoms with Gasteiger partial charge in [-0.2, -0.15) is 0 Å². The SMILES string of the molecule is CCC(Oc1ccc(Cl)cc1Cl)C(=O)NC1(c2cc(O)c(O)c(OC)c2)CC1. The second-order valence-electron chi connectivity index (χ2n) is 6.71. The summed E-state index contributed by atoms with van der Waals surface area (Å²) in [5.41, 5.74) is 0.0308. The Bertz CT molecular complexity index is 898. The van der Waals surface area contributed by atoms with Crippen LogP contribution in [0.1, 0.15) is 31.7 Å². The minimum Gasteiger partial charge on any atom is -0.504 e. The maximum absolute atomic E-state index is 12.8. The summed E-state index contributed by atoms with van der Waals surface area (Å²) in [5, 5.41) is 23.6. The summed E-state index contributed by atoms with van der Waals surface area (Å²) in [4.78, 5) is 12.8. The Morgan fingerprint density at radius 1 is 1.21 bits per heavy atom. The molecular weight excluding hydrogens is 405 g/mol. The highest BCUT2D eigenvalue weighted by molar-refractivity contribution is 6.35. The molecule has 1 fully saturated rings. The Balaban J connectivity index is 1.78. The zero-order chi connectivity index (χ0) is 20.5. The van der Waals surface area contributed by atoms with E-state index in [1.807, 2.05) is 6.92 Å². The molecule has 8 heteroatoms. The molecule has 0 spiro atoms. The van der Waals surface area contributed by atoms with E-state index in [9.17, 15) is 15.0 Å². The molecule has 28 heavy (non-hydrogen) atoms. The summed E-state index contributed by atoms with van der Waals surface area (Å²) in [5.74, 6) is -0.405. The number of phenols is 2. The summed E-state index contributed by atoms with van der Waals surface area (Å²) >= 11 is 12.0. The molecule has 1 unspecified atom stereocenters. The molecule has 0 bridgehead atoms. The van der Waals surface area contributed by atoms with Crippen LogP contribution in [0.5, 0.6) is 23.0 Å². The minimum atomic E-state index is -0.747. The highest BCUT2D eigenvalue weighted by Gasteiger charge is 2.47. The van der Waals surface area contributed by atoms with Gasteiger partial charge in [-0.1, -0.05) is 30.1 Å². The minimum absolute atomic E-state index is 0.145. The van der Waals surface area contributed by atoms with Gasteiger partial charge >= 0.3 is 0 Å². The average Bonchev–Trinajstić information content (AvgIpc) is 3.43. The first-order valence-corrected chi connectivity index (χ1v) is 9.59. The third-order valence-corrected chi connectivity index (χ3v) is 5.30. The van der Waals surface area contributed by atoms with Crippen molar-refractivity contribution in [1.82, 2.24) is 5.32 Å². The Morgan fingerprint density at radius 3 is 2.50 bits per heavy atom. The van der Waals surface area contributed by atoms with E-state index < -0.39 is 11.6 Å². The van der Waals surface area contributed by atoms with E-state index in [0.29, 0.717) is 40.6 Å². The topological polar surface area (TPSA) is 88.0 Å². The molecule has 2 aromatic rings. The second kappa shape index (κ2) is 7.97. The summed E-state index contributed by atoms with van der Waals surface area (Å²) < 4.78 is 10.9. The molecule has 150 valence electrons. The lowest BCUT2D eigenvalue weighted by Gasteiger charge is -2.24. The molecule has 6 nitrogen and oxygen atoms in total. The predicted octanol–water partition coefficient (Wildman–Crippen LogP) is 4.38. The number of benzene rings is 2. The molecule has 3 rings (SSSR count). The van der Waals surface area contributed by atoms with Crippen LogP contribution < -0.4 is 14.8 Å². The van der Waals surface area contributed by atoms with Crippen LogP contribution in [0.15, 0.2) is 30.3 Å². The first-order valence-electron chi connectivity index (χ1n) is 8.84. The van der Waals surface area contributed by atoms with E-state index >= 15 is 0 Å². The van der Waals surface area contributed by atoms with Gasteiger partial charge in [0.1, 0.15) is 5.75 Å². The van der Waals surface area contributed by atoms with Crippen molar-refractivity contribution in [3.63, 3.8) is 0 Å². The van der Waals surface area contributed by atoms with Crippen LogP contribution in [0.2, 0.25) is 10.0 Å². The van der Waals surface area contributed by atoms with Gasteiger partial charge in [-0.05, 0) is 55.2 Å². The van der Waals surface area contributed by atoms with Crippen molar-refractivity contribution >= 4 is 29.1 Å². The van der Waals surface area contributed by atoms with E-state index in [0.717, 1.165) is 0 Å². The van der Waals surface area contributed by atoms with Gasteiger partial charge in [0.15, 0.2) is 17.6 Å². The number of methoxy groups -OCH3 is 1. The van der Waals surface area contributed by atoms with Gasteiger partial charge < -0.3 is 25.0 Å². The summed E-state index contributed by atoms with van der Waals surface area (Å²) in [6.07, 6.45) is 1.09. The largest absolute Gasteiger partial charge is 0.504 e. The number of rotatable bonds is 7. The van der Waals surface area contributed by atoms with Gasteiger partial charge in [-0.3, -0.25) is 4.79 Å². The number of carbonyl (C=O) groups excluding carboxylic acids is 1. The highest BCUT2D eigenvalue weighted by Crippen LogP contribution is 2.49. The summed E-state index contributed by atoms with van der Waals surface area (Å²) in [6.45, 7) is 1.84. The lowest BCUT2D eigenvalue weighted by molar-refractivity contribution is -0.129. The standard InChI is InChI=1S/C20H21Cl2NO5/c1-3-15(28-16-5-4-12(21)10-13(16)22)19(26)23-20(6-7-20)11-8-14(24)18(25)17(9-11)27-2/h4-5,8-10,15,24-25H,3,6-7H2,1-2H3,(H,23,26). The average molecular weight is 426 g/mol. The molecule has 0 aliphatic heterocycles. The van der Waals surface area contributed by atoms with Crippen molar-refractivity contribution in [1.29, 1.82) is 0 Å². The van der Waals surface area contributed by atoms with Crippen LogP contribution in [0.4, 0.5) is 0 Å². The molecule has 0 aromatic heterocycles. The van der Waals surface area contributed by atoms with Crippen LogP contribution in [0.25, 0.3) is 0 Å². The molecule has 2 aromatic carbocycles. The Kier molecular flexibility index (Phi) is 5.82. The fraction of sp³-hybridized carbons (Fsp3) is 0.350. The van der Waals surface area contributed by atoms with Gasteiger partial charge in [0.2, 0.25) is 5.75 Å². The number of amides is 1.